The number of halogens is 1. The summed E-state index contributed by atoms with van der Waals surface area (Å²) in [4.78, 5) is 2.11. The lowest BCUT2D eigenvalue weighted by molar-refractivity contribution is 0.257. The van der Waals surface area contributed by atoms with E-state index in [0.29, 0.717) is 5.02 Å². The largest absolute Gasteiger partial charge is 0.308 e. The topological polar surface area (TPSA) is 59.1 Å². The summed E-state index contributed by atoms with van der Waals surface area (Å²) >= 11 is 6.25. The molecular formula is C12H24ClN5. The van der Waals surface area contributed by atoms with Crippen molar-refractivity contribution in [3.63, 3.8) is 0 Å². The minimum Gasteiger partial charge on any atom is -0.308 e. The highest BCUT2D eigenvalue weighted by Gasteiger charge is 2.30. The highest BCUT2D eigenvalue weighted by Crippen LogP contribution is 2.35. The third-order valence-electron chi connectivity index (χ3n) is 2.90. The number of likely N-dealkylation sites (N-methyl/N-ethyl adjacent to an activating group) is 1. The fraction of sp³-hybridized carbons (Fsp3) is 0.750. The molecule has 1 atom stereocenters. The number of hydrogen-bond acceptors (Lipinski definition) is 4. The van der Waals surface area contributed by atoms with Gasteiger partial charge < -0.3 is 4.90 Å². The molecule has 1 heterocycles. The van der Waals surface area contributed by atoms with Gasteiger partial charge >= 0.3 is 0 Å². The van der Waals surface area contributed by atoms with E-state index in [9.17, 15) is 0 Å². The summed E-state index contributed by atoms with van der Waals surface area (Å²) in [6.45, 7) is 8.07. The second kappa shape index (κ2) is 6.02. The van der Waals surface area contributed by atoms with Crippen LogP contribution in [0.5, 0.6) is 0 Å². The molecule has 0 bridgehead atoms. The van der Waals surface area contributed by atoms with Crippen molar-refractivity contribution in [2.75, 3.05) is 20.6 Å². The van der Waals surface area contributed by atoms with Gasteiger partial charge in [0.05, 0.1) is 29.5 Å². The number of rotatable bonds is 5. The zero-order chi connectivity index (χ0) is 13.9. The van der Waals surface area contributed by atoms with Crippen molar-refractivity contribution >= 4 is 11.6 Å². The monoisotopic (exact) mass is 273 g/mol. The molecule has 1 aromatic rings. The Morgan fingerprint density at radius 1 is 1.50 bits per heavy atom. The van der Waals surface area contributed by atoms with Crippen LogP contribution in [0.4, 0.5) is 0 Å². The number of aromatic nitrogens is 2. The van der Waals surface area contributed by atoms with E-state index in [0.717, 1.165) is 18.8 Å². The lowest BCUT2D eigenvalue weighted by atomic mass is 9.85. The molecule has 104 valence electrons. The Bertz CT molecular complexity index is 380. The molecule has 3 N–H and O–H groups in total. The second-order valence-electron chi connectivity index (χ2n) is 5.87. The molecule has 0 aromatic carbocycles. The molecule has 5 nitrogen and oxygen atoms in total. The fourth-order valence-electron chi connectivity index (χ4n) is 1.87. The Morgan fingerprint density at radius 2 is 2.11 bits per heavy atom. The van der Waals surface area contributed by atoms with E-state index in [1.54, 1.807) is 6.20 Å². The molecule has 0 aliphatic rings. The maximum Gasteiger partial charge on any atom is 0.0834 e. The van der Waals surface area contributed by atoms with Gasteiger partial charge in [0.15, 0.2) is 0 Å². The van der Waals surface area contributed by atoms with Crippen LogP contribution in [0.2, 0.25) is 5.02 Å². The SMILES string of the molecule is CN(C)CCn1ncc(Cl)c1C(NN)C(C)(C)C. The minimum atomic E-state index is -0.0334. The highest BCUT2D eigenvalue weighted by molar-refractivity contribution is 6.31. The standard InChI is InChI=1S/C12H24ClN5/c1-12(2,3)11(16-14)10-9(13)8-15-18(10)7-6-17(4)5/h8,11,16H,6-7,14H2,1-5H3. The first-order chi connectivity index (χ1) is 8.27. The Kier molecular flexibility index (Phi) is 5.16. The zero-order valence-corrected chi connectivity index (χ0v) is 12.6. The minimum absolute atomic E-state index is 0.0327. The molecule has 0 aliphatic heterocycles. The molecule has 0 fully saturated rings. The third-order valence-corrected chi connectivity index (χ3v) is 3.19. The van der Waals surface area contributed by atoms with Crippen LogP contribution in [0.1, 0.15) is 32.5 Å². The van der Waals surface area contributed by atoms with Gasteiger partial charge in [0.2, 0.25) is 0 Å². The molecule has 0 saturated carbocycles. The molecule has 6 heteroatoms. The molecular weight excluding hydrogens is 250 g/mol. The van der Waals surface area contributed by atoms with E-state index in [-0.39, 0.29) is 11.5 Å². The Morgan fingerprint density at radius 3 is 2.56 bits per heavy atom. The first kappa shape index (κ1) is 15.4. The molecule has 0 spiro atoms. The van der Waals surface area contributed by atoms with Crippen LogP contribution < -0.4 is 11.3 Å². The number of nitrogens with two attached hydrogens (primary N) is 1. The Labute approximate surface area is 114 Å². The van der Waals surface area contributed by atoms with Crippen molar-refractivity contribution in [1.82, 2.24) is 20.1 Å². The van der Waals surface area contributed by atoms with Crippen molar-refractivity contribution in [3.05, 3.63) is 16.9 Å². The summed E-state index contributed by atoms with van der Waals surface area (Å²) in [5.74, 6) is 5.68. The maximum atomic E-state index is 6.25. The normalized spacial score (nSPS) is 14.2. The van der Waals surface area contributed by atoms with E-state index in [1.165, 1.54) is 0 Å². The smallest absolute Gasteiger partial charge is 0.0834 e. The predicted molar refractivity (Wildman–Crippen MR) is 75.3 cm³/mol. The molecule has 0 radical (unpaired) electrons. The first-order valence-corrected chi connectivity index (χ1v) is 6.47. The van der Waals surface area contributed by atoms with Gasteiger partial charge in [-0.25, -0.2) is 0 Å². The van der Waals surface area contributed by atoms with Gasteiger partial charge in [-0.3, -0.25) is 16.0 Å². The average Bonchev–Trinajstić information content (AvgIpc) is 2.57. The van der Waals surface area contributed by atoms with Crippen molar-refractivity contribution in [1.29, 1.82) is 0 Å². The predicted octanol–water partition coefficient (Wildman–Crippen LogP) is 1.65. The van der Waals surface area contributed by atoms with Crippen molar-refractivity contribution in [3.8, 4) is 0 Å². The van der Waals surface area contributed by atoms with Crippen LogP contribution in [0.25, 0.3) is 0 Å². The van der Waals surface area contributed by atoms with E-state index in [2.05, 4.69) is 36.2 Å². The van der Waals surface area contributed by atoms with Crippen LogP contribution in [-0.4, -0.2) is 35.3 Å². The highest BCUT2D eigenvalue weighted by atomic mass is 35.5. The van der Waals surface area contributed by atoms with Gasteiger partial charge in [-0.1, -0.05) is 32.4 Å². The molecule has 1 rings (SSSR count). The molecule has 0 aliphatic carbocycles. The molecule has 0 amide bonds. The van der Waals surface area contributed by atoms with Crippen LogP contribution in [0, 0.1) is 5.41 Å². The maximum absolute atomic E-state index is 6.25. The van der Waals surface area contributed by atoms with Gasteiger partial charge in [0.25, 0.3) is 0 Å². The first-order valence-electron chi connectivity index (χ1n) is 6.09. The van der Waals surface area contributed by atoms with E-state index in [1.807, 2.05) is 18.8 Å². The summed E-state index contributed by atoms with van der Waals surface area (Å²) in [7, 11) is 4.07. The number of nitrogens with one attached hydrogen (secondary N) is 1. The summed E-state index contributed by atoms with van der Waals surface area (Å²) in [5, 5.41) is 4.99. The van der Waals surface area contributed by atoms with E-state index < -0.39 is 0 Å². The van der Waals surface area contributed by atoms with Crippen molar-refractivity contribution in [2.45, 2.75) is 33.4 Å². The van der Waals surface area contributed by atoms with Crippen LogP contribution in [0.15, 0.2) is 6.20 Å². The Hall–Kier alpha value is -0.620. The average molecular weight is 274 g/mol. The van der Waals surface area contributed by atoms with Gasteiger partial charge in [-0.15, -0.1) is 0 Å². The molecule has 0 saturated heterocycles. The van der Waals surface area contributed by atoms with E-state index in [4.69, 9.17) is 17.4 Å². The second-order valence-corrected chi connectivity index (χ2v) is 6.28. The van der Waals surface area contributed by atoms with Gasteiger partial charge in [0, 0.05) is 6.54 Å². The molecule has 1 aromatic heterocycles. The van der Waals surface area contributed by atoms with Crippen molar-refractivity contribution in [2.24, 2.45) is 11.3 Å². The summed E-state index contributed by atoms with van der Waals surface area (Å²) in [6.07, 6.45) is 1.68. The van der Waals surface area contributed by atoms with E-state index >= 15 is 0 Å². The number of hydrazine groups is 1. The van der Waals surface area contributed by atoms with Crippen LogP contribution in [-0.2, 0) is 6.54 Å². The lowest BCUT2D eigenvalue weighted by Gasteiger charge is -2.31. The number of nitrogens with zero attached hydrogens (tertiary/aromatic N) is 3. The molecule has 18 heavy (non-hydrogen) atoms. The van der Waals surface area contributed by atoms with Crippen LogP contribution >= 0.6 is 11.6 Å². The number of hydrogen-bond donors (Lipinski definition) is 2. The zero-order valence-electron chi connectivity index (χ0n) is 11.9. The van der Waals surface area contributed by atoms with Crippen molar-refractivity contribution < 1.29 is 0 Å². The van der Waals surface area contributed by atoms with Gasteiger partial charge in [-0.2, -0.15) is 5.10 Å². The Balaban J connectivity index is 3.02. The fourth-order valence-corrected chi connectivity index (χ4v) is 2.12. The summed E-state index contributed by atoms with van der Waals surface area (Å²) in [6, 6.07) is -0.0327. The lowest BCUT2D eigenvalue weighted by Crippen LogP contribution is -2.38. The van der Waals surface area contributed by atoms with Gasteiger partial charge in [0.1, 0.15) is 0 Å². The quantitative estimate of drug-likeness (QED) is 0.633. The third kappa shape index (κ3) is 3.68. The van der Waals surface area contributed by atoms with Gasteiger partial charge in [-0.05, 0) is 19.5 Å². The summed E-state index contributed by atoms with van der Waals surface area (Å²) < 4.78 is 1.93. The van der Waals surface area contributed by atoms with Crippen LogP contribution in [0.3, 0.4) is 0 Å². The molecule has 1 unspecified atom stereocenters. The summed E-state index contributed by atoms with van der Waals surface area (Å²) in [5.41, 5.74) is 3.77.